The fraction of sp³-hybridized carbons (Fsp3) is 0.440. The van der Waals surface area contributed by atoms with Crippen LogP contribution in [0.4, 0.5) is 5.69 Å². The number of sulfonamides is 1. The van der Waals surface area contributed by atoms with Gasteiger partial charge in [-0.15, -0.1) is 0 Å². The SMILES string of the molecule is CC(C)c1cccc(NC(=O)CCc2nc3cc(S(=O)(=O)N4CCCCC4)ccc3n2C)c1. The largest absolute Gasteiger partial charge is 0.331 e. The van der Waals surface area contributed by atoms with Crippen LogP contribution in [0.1, 0.15) is 56.8 Å². The first-order chi connectivity index (χ1) is 15.8. The lowest BCUT2D eigenvalue weighted by Crippen LogP contribution is -2.35. The van der Waals surface area contributed by atoms with Gasteiger partial charge in [0.1, 0.15) is 5.82 Å². The van der Waals surface area contributed by atoms with Crippen molar-refractivity contribution < 1.29 is 13.2 Å². The second-order valence-corrected chi connectivity index (χ2v) is 11.0. The number of carbonyl (C=O) groups is 1. The van der Waals surface area contributed by atoms with Gasteiger partial charge in [-0.25, -0.2) is 13.4 Å². The summed E-state index contributed by atoms with van der Waals surface area (Å²) in [5, 5.41) is 2.97. The number of piperidine rings is 1. The van der Waals surface area contributed by atoms with Crippen molar-refractivity contribution in [2.24, 2.45) is 7.05 Å². The Morgan fingerprint density at radius 1 is 1.09 bits per heavy atom. The summed E-state index contributed by atoms with van der Waals surface area (Å²) in [6.45, 7) is 5.39. The first kappa shape index (κ1) is 23.4. The minimum atomic E-state index is -3.51. The maximum absolute atomic E-state index is 13.0. The number of hydrogen-bond acceptors (Lipinski definition) is 4. The van der Waals surface area contributed by atoms with Crippen LogP contribution in [0, 0.1) is 0 Å². The predicted octanol–water partition coefficient (Wildman–Crippen LogP) is 4.44. The van der Waals surface area contributed by atoms with E-state index in [1.54, 1.807) is 22.5 Å². The van der Waals surface area contributed by atoms with Crippen LogP contribution < -0.4 is 5.32 Å². The zero-order chi connectivity index (χ0) is 23.6. The molecule has 4 rings (SSSR count). The molecular weight excluding hydrogens is 436 g/mol. The van der Waals surface area contributed by atoms with Crippen molar-refractivity contribution in [1.82, 2.24) is 13.9 Å². The number of aryl methyl sites for hydroxylation is 2. The van der Waals surface area contributed by atoms with Crippen LogP contribution in [0.15, 0.2) is 47.4 Å². The number of hydrogen-bond donors (Lipinski definition) is 1. The highest BCUT2D eigenvalue weighted by atomic mass is 32.2. The summed E-state index contributed by atoms with van der Waals surface area (Å²) in [5.74, 6) is 1.07. The molecule has 1 N–H and O–H groups in total. The van der Waals surface area contributed by atoms with Crippen molar-refractivity contribution in [3.05, 3.63) is 53.9 Å². The summed E-state index contributed by atoms with van der Waals surface area (Å²) in [6.07, 6.45) is 3.64. The molecule has 0 atom stereocenters. The molecule has 33 heavy (non-hydrogen) atoms. The highest BCUT2D eigenvalue weighted by Crippen LogP contribution is 2.25. The van der Waals surface area contributed by atoms with Gasteiger partial charge in [0, 0.05) is 38.7 Å². The van der Waals surface area contributed by atoms with Gasteiger partial charge in [-0.1, -0.05) is 32.4 Å². The smallest absolute Gasteiger partial charge is 0.243 e. The molecule has 176 valence electrons. The normalized spacial score (nSPS) is 15.3. The quantitative estimate of drug-likeness (QED) is 0.555. The van der Waals surface area contributed by atoms with Gasteiger partial charge in [0.15, 0.2) is 0 Å². The zero-order valence-electron chi connectivity index (χ0n) is 19.5. The summed E-state index contributed by atoms with van der Waals surface area (Å²) < 4.78 is 29.5. The van der Waals surface area contributed by atoms with Crippen LogP contribution >= 0.6 is 0 Å². The van der Waals surface area contributed by atoms with E-state index < -0.39 is 10.0 Å². The third kappa shape index (κ3) is 5.12. The van der Waals surface area contributed by atoms with Gasteiger partial charge in [-0.2, -0.15) is 4.31 Å². The molecule has 0 unspecified atom stereocenters. The molecule has 1 aliphatic heterocycles. The second kappa shape index (κ2) is 9.65. The van der Waals surface area contributed by atoms with Crippen LogP contribution in [0.5, 0.6) is 0 Å². The summed E-state index contributed by atoms with van der Waals surface area (Å²) in [4.78, 5) is 17.5. The van der Waals surface area contributed by atoms with Gasteiger partial charge in [0.25, 0.3) is 0 Å². The van der Waals surface area contributed by atoms with Crippen LogP contribution in [-0.4, -0.2) is 41.3 Å². The molecule has 1 fully saturated rings. The van der Waals surface area contributed by atoms with Crippen molar-refractivity contribution in [2.45, 2.75) is 56.8 Å². The molecule has 0 bridgehead atoms. The molecule has 0 radical (unpaired) electrons. The molecule has 1 aliphatic rings. The topological polar surface area (TPSA) is 84.3 Å². The molecule has 1 aromatic heterocycles. The number of aromatic nitrogens is 2. The summed E-state index contributed by atoms with van der Waals surface area (Å²) in [6, 6.07) is 13.0. The standard InChI is InChI=1S/C25H32N4O3S/c1-18(2)19-8-7-9-20(16-19)26-25(30)13-12-24-27-22-17-21(10-11-23(22)28(24)3)33(31,32)29-14-5-4-6-15-29/h7-11,16-18H,4-6,12-15H2,1-3H3,(H,26,30). The first-order valence-electron chi connectivity index (χ1n) is 11.6. The Hall–Kier alpha value is -2.71. The summed E-state index contributed by atoms with van der Waals surface area (Å²) in [7, 11) is -1.61. The van der Waals surface area contributed by atoms with Crippen LogP contribution in [-0.2, 0) is 28.3 Å². The average Bonchev–Trinajstić information content (AvgIpc) is 3.13. The summed E-state index contributed by atoms with van der Waals surface area (Å²) >= 11 is 0. The van der Waals surface area contributed by atoms with E-state index in [9.17, 15) is 13.2 Å². The number of benzene rings is 2. The van der Waals surface area contributed by atoms with E-state index in [1.165, 1.54) is 5.56 Å². The predicted molar refractivity (Wildman–Crippen MR) is 131 cm³/mol. The Morgan fingerprint density at radius 3 is 2.58 bits per heavy atom. The zero-order valence-corrected chi connectivity index (χ0v) is 20.4. The number of amides is 1. The third-order valence-electron chi connectivity index (χ3n) is 6.31. The molecular formula is C25H32N4O3S. The van der Waals surface area contributed by atoms with Gasteiger partial charge in [-0.05, 0) is 54.7 Å². The van der Waals surface area contributed by atoms with Crippen LogP contribution in [0.25, 0.3) is 11.0 Å². The lowest BCUT2D eigenvalue weighted by molar-refractivity contribution is -0.116. The molecule has 8 heteroatoms. The van der Waals surface area contributed by atoms with E-state index in [4.69, 9.17) is 0 Å². The molecule has 0 aliphatic carbocycles. The van der Waals surface area contributed by atoms with E-state index in [2.05, 4.69) is 30.2 Å². The number of rotatable bonds is 7. The van der Waals surface area contributed by atoms with E-state index in [-0.39, 0.29) is 10.8 Å². The Morgan fingerprint density at radius 2 is 1.85 bits per heavy atom. The van der Waals surface area contributed by atoms with E-state index >= 15 is 0 Å². The lowest BCUT2D eigenvalue weighted by atomic mass is 10.0. The van der Waals surface area contributed by atoms with Gasteiger partial charge in [-0.3, -0.25) is 4.79 Å². The number of nitrogens with zero attached hydrogens (tertiary/aromatic N) is 3. The number of fused-ring (bicyclic) bond motifs is 1. The van der Waals surface area contributed by atoms with Crippen molar-refractivity contribution in [2.75, 3.05) is 18.4 Å². The van der Waals surface area contributed by atoms with E-state index in [0.29, 0.717) is 37.4 Å². The maximum atomic E-state index is 13.0. The van der Waals surface area contributed by atoms with Gasteiger partial charge < -0.3 is 9.88 Å². The Labute approximate surface area is 195 Å². The molecule has 2 aromatic carbocycles. The first-order valence-corrected chi connectivity index (χ1v) is 13.0. The van der Waals surface area contributed by atoms with Crippen LogP contribution in [0.3, 0.4) is 0 Å². The molecule has 0 saturated carbocycles. The molecule has 3 aromatic rings. The lowest BCUT2D eigenvalue weighted by Gasteiger charge is -2.25. The highest BCUT2D eigenvalue weighted by molar-refractivity contribution is 7.89. The third-order valence-corrected chi connectivity index (χ3v) is 8.21. The number of imidazole rings is 1. The Balaban J connectivity index is 1.47. The number of anilines is 1. The fourth-order valence-electron chi connectivity index (χ4n) is 4.29. The van der Waals surface area contributed by atoms with Crippen molar-refractivity contribution in [1.29, 1.82) is 0 Å². The molecule has 1 saturated heterocycles. The fourth-order valence-corrected chi connectivity index (χ4v) is 5.83. The molecule has 0 spiro atoms. The minimum absolute atomic E-state index is 0.0728. The van der Waals surface area contributed by atoms with E-state index in [0.717, 1.165) is 36.3 Å². The minimum Gasteiger partial charge on any atom is -0.331 e. The van der Waals surface area contributed by atoms with E-state index in [1.807, 2.05) is 29.8 Å². The molecule has 7 nitrogen and oxygen atoms in total. The second-order valence-electron chi connectivity index (χ2n) is 9.03. The molecule has 2 heterocycles. The summed E-state index contributed by atoms with van der Waals surface area (Å²) in [5.41, 5.74) is 3.46. The van der Waals surface area contributed by atoms with Crippen molar-refractivity contribution in [3.8, 4) is 0 Å². The van der Waals surface area contributed by atoms with Crippen molar-refractivity contribution in [3.63, 3.8) is 0 Å². The monoisotopic (exact) mass is 468 g/mol. The van der Waals surface area contributed by atoms with Gasteiger partial charge in [0.2, 0.25) is 15.9 Å². The number of carbonyl (C=O) groups excluding carboxylic acids is 1. The highest BCUT2D eigenvalue weighted by Gasteiger charge is 2.26. The molecule has 1 amide bonds. The Bertz CT molecular complexity index is 1260. The van der Waals surface area contributed by atoms with Crippen molar-refractivity contribution >= 4 is 32.7 Å². The Kier molecular flexibility index (Phi) is 6.86. The van der Waals surface area contributed by atoms with Gasteiger partial charge in [0.05, 0.1) is 15.9 Å². The average molecular weight is 469 g/mol. The number of nitrogens with one attached hydrogen (secondary N) is 1. The van der Waals surface area contributed by atoms with Crippen LogP contribution in [0.2, 0.25) is 0 Å². The van der Waals surface area contributed by atoms with Gasteiger partial charge >= 0.3 is 0 Å². The maximum Gasteiger partial charge on any atom is 0.243 e.